The second-order valence-electron chi connectivity index (χ2n) is 4.65. The molecule has 0 aliphatic carbocycles. The third kappa shape index (κ3) is 3.37. The Bertz CT molecular complexity index is 603. The van der Waals surface area contributed by atoms with Gasteiger partial charge in [0, 0.05) is 25.4 Å². The van der Waals surface area contributed by atoms with Crippen molar-refractivity contribution < 1.29 is 4.79 Å². The van der Waals surface area contributed by atoms with Gasteiger partial charge in [0.05, 0.1) is 10.7 Å². The molecule has 2 N–H and O–H groups in total. The molecular weight excluding hydrogens is 280 g/mol. The number of carbonyl (C=O) groups excluding carboxylic acids is 1. The van der Waals surface area contributed by atoms with Gasteiger partial charge in [-0.3, -0.25) is 14.6 Å². The molecule has 8 heteroatoms. The zero-order valence-electron chi connectivity index (χ0n) is 11.6. The fourth-order valence-electron chi connectivity index (χ4n) is 1.74. The van der Waals surface area contributed by atoms with E-state index in [4.69, 9.17) is 11.6 Å². The summed E-state index contributed by atoms with van der Waals surface area (Å²) >= 11 is 5.98. The number of hydrogen-bond acceptors (Lipinski definition) is 4. The standard InChI is InChI=1S/C12H17ClN6O/c1-4-19-7-9(13)11(17-19)12(20)14-10-5-8(15-16-10)6-18(2)3/h5,7H,4,6H2,1-3H3,(H2,14,15,16,20). The van der Waals surface area contributed by atoms with Crippen molar-refractivity contribution in [2.75, 3.05) is 19.4 Å². The number of halogens is 1. The Morgan fingerprint density at radius 2 is 2.30 bits per heavy atom. The highest BCUT2D eigenvalue weighted by atomic mass is 35.5. The summed E-state index contributed by atoms with van der Waals surface area (Å²) in [5.41, 5.74) is 1.11. The fraction of sp³-hybridized carbons (Fsp3) is 0.417. The van der Waals surface area contributed by atoms with Crippen molar-refractivity contribution in [2.45, 2.75) is 20.0 Å². The van der Waals surface area contributed by atoms with Gasteiger partial charge in [-0.05, 0) is 21.0 Å². The minimum atomic E-state index is -0.370. The Balaban J connectivity index is 2.07. The molecule has 108 valence electrons. The monoisotopic (exact) mass is 296 g/mol. The van der Waals surface area contributed by atoms with Crippen molar-refractivity contribution in [2.24, 2.45) is 0 Å². The van der Waals surface area contributed by atoms with E-state index in [1.165, 1.54) is 0 Å². The highest BCUT2D eigenvalue weighted by Gasteiger charge is 2.16. The number of aryl methyl sites for hydroxylation is 1. The molecule has 0 saturated carbocycles. The zero-order chi connectivity index (χ0) is 14.7. The quantitative estimate of drug-likeness (QED) is 0.878. The first-order chi connectivity index (χ1) is 9.49. The van der Waals surface area contributed by atoms with Crippen LogP contribution in [0.3, 0.4) is 0 Å². The summed E-state index contributed by atoms with van der Waals surface area (Å²) in [6.07, 6.45) is 1.62. The number of H-pyrrole nitrogens is 1. The predicted octanol–water partition coefficient (Wildman–Crippen LogP) is 1.59. The Labute approximate surface area is 121 Å². The highest BCUT2D eigenvalue weighted by Crippen LogP contribution is 2.16. The van der Waals surface area contributed by atoms with Crippen LogP contribution in [0.5, 0.6) is 0 Å². The Morgan fingerprint density at radius 1 is 1.55 bits per heavy atom. The largest absolute Gasteiger partial charge is 0.304 e. The molecule has 0 aliphatic heterocycles. The average Bonchev–Trinajstić information content (AvgIpc) is 2.95. The Morgan fingerprint density at radius 3 is 2.90 bits per heavy atom. The number of anilines is 1. The van der Waals surface area contributed by atoms with Gasteiger partial charge in [-0.2, -0.15) is 10.2 Å². The maximum absolute atomic E-state index is 12.1. The van der Waals surface area contributed by atoms with Gasteiger partial charge in [-0.25, -0.2) is 0 Å². The van der Waals surface area contributed by atoms with Crippen LogP contribution in [0.25, 0.3) is 0 Å². The van der Waals surface area contributed by atoms with Crippen molar-refractivity contribution in [1.29, 1.82) is 0 Å². The number of hydrogen-bond donors (Lipinski definition) is 2. The number of carbonyl (C=O) groups is 1. The summed E-state index contributed by atoms with van der Waals surface area (Å²) in [4.78, 5) is 14.1. The molecule has 20 heavy (non-hydrogen) atoms. The van der Waals surface area contributed by atoms with E-state index in [-0.39, 0.29) is 11.6 Å². The van der Waals surface area contributed by atoms with Crippen LogP contribution in [-0.2, 0) is 13.1 Å². The first-order valence-electron chi connectivity index (χ1n) is 6.23. The maximum Gasteiger partial charge on any atom is 0.278 e. The lowest BCUT2D eigenvalue weighted by molar-refractivity contribution is 0.102. The van der Waals surface area contributed by atoms with Gasteiger partial charge >= 0.3 is 0 Å². The second kappa shape index (κ2) is 6.06. The van der Waals surface area contributed by atoms with Crippen molar-refractivity contribution in [3.05, 3.63) is 28.7 Å². The molecule has 0 unspecified atom stereocenters. The molecule has 2 heterocycles. The number of aromatic nitrogens is 4. The van der Waals surface area contributed by atoms with Crippen molar-refractivity contribution >= 4 is 23.3 Å². The van der Waals surface area contributed by atoms with Crippen molar-refractivity contribution in [3.63, 3.8) is 0 Å². The lowest BCUT2D eigenvalue weighted by atomic mass is 10.3. The van der Waals surface area contributed by atoms with Crippen LogP contribution in [0.1, 0.15) is 23.1 Å². The fourth-order valence-corrected chi connectivity index (χ4v) is 1.97. The molecule has 2 aromatic rings. The molecule has 2 rings (SSSR count). The van der Waals surface area contributed by atoms with E-state index in [1.54, 1.807) is 16.9 Å². The van der Waals surface area contributed by atoms with E-state index >= 15 is 0 Å². The van der Waals surface area contributed by atoms with E-state index < -0.39 is 0 Å². The van der Waals surface area contributed by atoms with Gasteiger partial charge < -0.3 is 10.2 Å². The number of nitrogens with one attached hydrogen (secondary N) is 2. The summed E-state index contributed by atoms with van der Waals surface area (Å²) in [5, 5.41) is 14.0. The van der Waals surface area contributed by atoms with Crippen LogP contribution in [0.4, 0.5) is 5.82 Å². The molecule has 0 fully saturated rings. The molecule has 0 atom stereocenters. The van der Waals surface area contributed by atoms with Crippen LogP contribution >= 0.6 is 11.6 Å². The summed E-state index contributed by atoms with van der Waals surface area (Å²) in [7, 11) is 3.91. The van der Waals surface area contributed by atoms with Crippen LogP contribution in [0.2, 0.25) is 5.02 Å². The number of rotatable bonds is 5. The third-order valence-corrected chi connectivity index (χ3v) is 2.89. The predicted molar refractivity (Wildman–Crippen MR) is 76.8 cm³/mol. The molecule has 0 saturated heterocycles. The second-order valence-corrected chi connectivity index (χ2v) is 5.06. The number of nitrogens with zero attached hydrogens (tertiary/aromatic N) is 4. The molecule has 0 spiro atoms. The van der Waals surface area contributed by atoms with Gasteiger partial charge in [0.25, 0.3) is 5.91 Å². The van der Waals surface area contributed by atoms with Crippen LogP contribution in [0, 0.1) is 0 Å². The summed E-state index contributed by atoms with van der Waals surface area (Å²) in [5.74, 6) is 0.0825. The van der Waals surface area contributed by atoms with E-state index in [0.29, 0.717) is 23.9 Å². The van der Waals surface area contributed by atoms with Crippen LogP contribution in [-0.4, -0.2) is 44.9 Å². The van der Waals surface area contributed by atoms with Gasteiger partial charge in [0.15, 0.2) is 11.5 Å². The minimum absolute atomic E-state index is 0.200. The van der Waals surface area contributed by atoms with Gasteiger partial charge in [0.1, 0.15) is 0 Å². The summed E-state index contributed by atoms with van der Waals surface area (Å²) in [6, 6.07) is 1.78. The summed E-state index contributed by atoms with van der Waals surface area (Å²) in [6.45, 7) is 3.29. The lowest BCUT2D eigenvalue weighted by Gasteiger charge is -2.05. The topological polar surface area (TPSA) is 78.8 Å². The van der Waals surface area contributed by atoms with Crippen LogP contribution < -0.4 is 5.32 Å². The average molecular weight is 297 g/mol. The van der Waals surface area contributed by atoms with E-state index in [0.717, 1.165) is 5.69 Å². The van der Waals surface area contributed by atoms with Crippen molar-refractivity contribution in [3.8, 4) is 0 Å². The third-order valence-electron chi connectivity index (χ3n) is 2.62. The smallest absolute Gasteiger partial charge is 0.278 e. The summed E-state index contributed by atoms with van der Waals surface area (Å²) < 4.78 is 1.61. The van der Waals surface area contributed by atoms with E-state index in [9.17, 15) is 4.79 Å². The molecule has 2 aromatic heterocycles. The zero-order valence-corrected chi connectivity index (χ0v) is 12.4. The molecule has 0 aliphatic rings. The molecule has 7 nitrogen and oxygen atoms in total. The van der Waals surface area contributed by atoms with E-state index in [1.807, 2.05) is 25.9 Å². The Kier molecular flexibility index (Phi) is 4.41. The van der Waals surface area contributed by atoms with Gasteiger partial charge in [0.2, 0.25) is 0 Å². The van der Waals surface area contributed by atoms with Gasteiger partial charge in [-0.1, -0.05) is 11.6 Å². The lowest BCUT2D eigenvalue weighted by Crippen LogP contribution is -2.14. The number of aromatic amines is 1. The molecular formula is C12H17ClN6O. The normalized spacial score (nSPS) is 11.1. The number of amides is 1. The maximum atomic E-state index is 12.1. The molecule has 0 aromatic carbocycles. The SMILES string of the molecule is CCn1cc(Cl)c(C(=O)Nc2cc(CN(C)C)[nH]n2)n1. The first kappa shape index (κ1) is 14.5. The molecule has 1 amide bonds. The highest BCUT2D eigenvalue weighted by molar-refractivity contribution is 6.34. The molecule has 0 bridgehead atoms. The molecule has 0 radical (unpaired) electrons. The van der Waals surface area contributed by atoms with Crippen molar-refractivity contribution in [1.82, 2.24) is 24.9 Å². The minimum Gasteiger partial charge on any atom is -0.304 e. The van der Waals surface area contributed by atoms with Crippen LogP contribution in [0.15, 0.2) is 12.3 Å². The van der Waals surface area contributed by atoms with E-state index in [2.05, 4.69) is 20.6 Å². The van der Waals surface area contributed by atoms with Gasteiger partial charge in [-0.15, -0.1) is 0 Å². The first-order valence-corrected chi connectivity index (χ1v) is 6.60. The Hall–Kier alpha value is -1.86.